The first-order valence-corrected chi connectivity index (χ1v) is 6.69. The Balaban J connectivity index is 1.95. The fraction of sp³-hybridized carbons (Fsp3) is 0.286. The summed E-state index contributed by atoms with van der Waals surface area (Å²) in [5.41, 5.74) is 1.84. The molecule has 1 unspecified atom stereocenters. The second-order valence-electron chi connectivity index (χ2n) is 4.30. The van der Waals surface area contributed by atoms with Gasteiger partial charge in [-0.25, -0.2) is 0 Å². The molecule has 0 saturated heterocycles. The van der Waals surface area contributed by atoms with E-state index in [4.69, 9.17) is 16.1 Å². The highest BCUT2D eigenvalue weighted by molar-refractivity contribution is 6.31. The zero-order valence-electron chi connectivity index (χ0n) is 11.4. The highest BCUT2D eigenvalue weighted by Crippen LogP contribution is 2.21. The molecular weight excluding hydrogens is 276 g/mol. The summed E-state index contributed by atoms with van der Waals surface area (Å²) in [6, 6.07) is 9.59. The second kappa shape index (κ2) is 6.96. The van der Waals surface area contributed by atoms with E-state index in [0.717, 1.165) is 16.3 Å². The van der Waals surface area contributed by atoms with Crippen LogP contribution in [0.2, 0.25) is 5.02 Å². The van der Waals surface area contributed by atoms with Gasteiger partial charge in [0, 0.05) is 18.1 Å². The molecule has 0 radical (unpaired) electrons. The Bertz CT molecular complexity index is 568. The number of nitrogens with one attached hydrogen (secondary N) is 2. The fourth-order valence-corrected chi connectivity index (χ4v) is 2.11. The minimum atomic E-state index is 0.0483. The van der Waals surface area contributed by atoms with Crippen molar-refractivity contribution in [2.24, 2.45) is 4.99 Å². The van der Waals surface area contributed by atoms with Crippen LogP contribution in [-0.4, -0.2) is 18.2 Å². The molecule has 0 spiro atoms. The molecule has 2 N–H and O–H groups in total. The van der Waals surface area contributed by atoms with Crippen molar-refractivity contribution in [2.75, 3.05) is 7.05 Å². The first-order chi connectivity index (χ1) is 9.70. The highest BCUT2D eigenvalue weighted by atomic mass is 35.5. The Morgan fingerprint density at radius 3 is 2.85 bits per heavy atom. The number of benzene rings is 1. The van der Waals surface area contributed by atoms with E-state index in [1.807, 2.05) is 31.2 Å². The molecule has 1 aromatic carbocycles. The van der Waals surface area contributed by atoms with E-state index in [2.05, 4.69) is 20.8 Å². The van der Waals surface area contributed by atoms with Crippen LogP contribution in [0.25, 0.3) is 0 Å². The average molecular weight is 293 g/mol. The second-order valence-corrected chi connectivity index (χ2v) is 4.71. The Kier molecular flexibility index (Phi) is 5.01. The van der Waals surface area contributed by atoms with Gasteiger partial charge in [0.05, 0.1) is 12.6 Å². The van der Waals surface area contributed by atoms with Gasteiger partial charge in [0.15, 0.2) is 5.96 Å². The van der Waals surface area contributed by atoms with Crippen LogP contribution in [0.4, 0.5) is 0 Å². The van der Waals surface area contributed by atoms with Crippen molar-refractivity contribution >= 4 is 17.6 Å². The molecule has 0 bridgehead atoms. The van der Waals surface area contributed by atoms with Gasteiger partial charge in [0.25, 0.3) is 0 Å². The number of aromatic nitrogens is 1. The van der Waals surface area contributed by atoms with Crippen LogP contribution in [0.5, 0.6) is 0 Å². The van der Waals surface area contributed by atoms with Crippen LogP contribution in [0.3, 0.4) is 0 Å². The summed E-state index contributed by atoms with van der Waals surface area (Å²) in [5, 5.41) is 11.0. The van der Waals surface area contributed by atoms with Crippen LogP contribution >= 0.6 is 11.6 Å². The predicted molar refractivity (Wildman–Crippen MR) is 79.7 cm³/mol. The van der Waals surface area contributed by atoms with Crippen molar-refractivity contribution in [1.82, 2.24) is 15.8 Å². The molecule has 1 atom stereocenters. The molecule has 2 aromatic rings. The number of rotatable bonds is 4. The van der Waals surface area contributed by atoms with Gasteiger partial charge in [-0.05, 0) is 18.6 Å². The van der Waals surface area contributed by atoms with Gasteiger partial charge in [0.1, 0.15) is 12.0 Å². The molecule has 5 nitrogen and oxygen atoms in total. The molecule has 0 saturated carbocycles. The Hall–Kier alpha value is -2.01. The van der Waals surface area contributed by atoms with E-state index in [0.29, 0.717) is 12.5 Å². The lowest BCUT2D eigenvalue weighted by molar-refractivity contribution is 0.410. The predicted octanol–water partition coefficient (Wildman–Crippen LogP) is 2.75. The van der Waals surface area contributed by atoms with E-state index in [9.17, 15) is 0 Å². The third-order valence-corrected chi connectivity index (χ3v) is 3.22. The molecule has 106 valence electrons. The molecular formula is C14H17ClN4O. The minimum Gasteiger partial charge on any atom is -0.364 e. The molecule has 0 fully saturated rings. The summed E-state index contributed by atoms with van der Waals surface area (Å²) in [4.78, 5) is 4.18. The van der Waals surface area contributed by atoms with E-state index < -0.39 is 0 Å². The van der Waals surface area contributed by atoms with Gasteiger partial charge >= 0.3 is 0 Å². The first-order valence-electron chi connectivity index (χ1n) is 6.31. The third kappa shape index (κ3) is 3.74. The van der Waals surface area contributed by atoms with E-state index in [-0.39, 0.29) is 6.04 Å². The molecule has 0 aliphatic heterocycles. The van der Waals surface area contributed by atoms with Crippen LogP contribution in [0.1, 0.15) is 24.2 Å². The molecule has 0 aliphatic carbocycles. The quantitative estimate of drug-likeness (QED) is 0.672. The average Bonchev–Trinajstić information content (AvgIpc) is 2.97. The molecule has 1 aromatic heterocycles. The van der Waals surface area contributed by atoms with Crippen LogP contribution in [0, 0.1) is 0 Å². The normalized spacial score (nSPS) is 13.1. The van der Waals surface area contributed by atoms with Crippen molar-refractivity contribution in [2.45, 2.75) is 19.5 Å². The number of halogens is 1. The monoisotopic (exact) mass is 292 g/mol. The molecule has 20 heavy (non-hydrogen) atoms. The van der Waals surface area contributed by atoms with Gasteiger partial charge in [-0.1, -0.05) is 35.0 Å². The maximum absolute atomic E-state index is 6.18. The summed E-state index contributed by atoms with van der Waals surface area (Å²) in [5.74, 6) is 0.681. The summed E-state index contributed by atoms with van der Waals surface area (Å²) in [6.07, 6.45) is 1.54. The molecule has 2 rings (SSSR count). The summed E-state index contributed by atoms with van der Waals surface area (Å²) in [6.45, 7) is 2.58. The van der Waals surface area contributed by atoms with Crippen molar-refractivity contribution in [3.8, 4) is 0 Å². The topological polar surface area (TPSA) is 62.5 Å². The van der Waals surface area contributed by atoms with Gasteiger partial charge in [-0.3, -0.25) is 4.99 Å². The highest BCUT2D eigenvalue weighted by Gasteiger charge is 2.10. The lowest BCUT2D eigenvalue weighted by Gasteiger charge is -2.18. The number of nitrogens with zero attached hydrogens (tertiary/aromatic N) is 2. The molecule has 1 heterocycles. The Morgan fingerprint density at radius 2 is 2.20 bits per heavy atom. The van der Waals surface area contributed by atoms with E-state index >= 15 is 0 Å². The Morgan fingerprint density at radius 1 is 1.40 bits per heavy atom. The first kappa shape index (κ1) is 14.4. The maximum atomic E-state index is 6.18. The lowest BCUT2D eigenvalue weighted by Crippen LogP contribution is -2.38. The van der Waals surface area contributed by atoms with Crippen molar-refractivity contribution in [3.05, 3.63) is 52.9 Å². The van der Waals surface area contributed by atoms with E-state index in [1.165, 1.54) is 0 Å². The number of hydrogen-bond donors (Lipinski definition) is 2. The lowest BCUT2D eigenvalue weighted by atomic mass is 10.1. The molecule has 0 aliphatic rings. The van der Waals surface area contributed by atoms with Crippen molar-refractivity contribution in [3.63, 3.8) is 0 Å². The zero-order valence-corrected chi connectivity index (χ0v) is 12.2. The number of aliphatic imine (C=N–C) groups is 1. The van der Waals surface area contributed by atoms with Crippen LogP contribution in [0.15, 0.2) is 46.1 Å². The zero-order chi connectivity index (χ0) is 14.4. The summed E-state index contributed by atoms with van der Waals surface area (Å²) < 4.78 is 4.78. The smallest absolute Gasteiger partial charge is 0.191 e. The largest absolute Gasteiger partial charge is 0.364 e. The Labute approximate surface area is 123 Å². The minimum absolute atomic E-state index is 0.0483. The van der Waals surface area contributed by atoms with Crippen molar-refractivity contribution in [1.29, 1.82) is 0 Å². The SMILES string of the molecule is CN=C(NCc1ccon1)NC(C)c1ccccc1Cl. The van der Waals surface area contributed by atoms with Crippen LogP contribution in [-0.2, 0) is 6.54 Å². The van der Waals surface area contributed by atoms with E-state index in [1.54, 1.807) is 19.4 Å². The van der Waals surface area contributed by atoms with Gasteiger partial charge in [-0.15, -0.1) is 0 Å². The van der Waals surface area contributed by atoms with Gasteiger partial charge in [-0.2, -0.15) is 0 Å². The number of hydrogen-bond acceptors (Lipinski definition) is 3. The molecule has 0 amide bonds. The number of guanidine groups is 1. The van der Waals surface area contributed by atoms with Crippen LogP contribution < -0.4 is 10.6 Å². The third-order valence-electron chi connectivity index (χ3n) is 2.88. The summed E-state index contributed by atoms with van der Waals surface area (Å²) in [7, 11) is 1.72. The maximum Gasteiger partial charge on any atom is 0.191 e. The van der Waals surface area contributed by atoms with Crippen molar-refractivity contribution < 1.29 is 4.52 Å². The summed E-state index contributed by atoms with van der Waals surface area (Å²) >= 11 is 6.18. The van der Waals surface area contributed by atoms with Gasteiger partial charge < -0.3 is 15.2 Å². The van der Waals surface area contributed by atoms with Gasteiger partial charge in [0.2, 0.25) is 0 Å². The fourth-order valence-electron chi connectivity index (χ4n) is 1.81. The standard InChI is InChI=1S/C14H17ClN4O/c1-10(12-5-3-4-6-13(12)15)18-14(16-2)17-9-11-7-8-20-19-11/h3-8,10H,9H2,1-2H3,(H2,16,17,18). The molecule has 6 heteroatoms.